The molecule has 0 aliphatic carbocycles. The molecule has 4 nitrogen and oxygen atoms in total. The van der Waals surface area contributed by atoms with Gasteiger partial charge in [0, 0.05) is 44.7 Å². The summed E-state index contributed by atoms with van der Waals surface area (Å²) in [5.74, 6) is 0.307. The second kappa shape index (κ2) is 9.23. The van der Waals surface area contributed by atoms with Gasteiger partial charge in [-0.1, -0.05) is 13.0 Å². The molecule has 0 aliphatic rings. The zero-order chi connectivity index (χ0) is 13.9. The number of nitriles is 1. The standard InChI is InChI=1S/C15H21N3O/c1-2-15(19)7-4-10-18(11-5-8-16)13-14-6-3-9-17-12-14/h3,6,9,12H,2,4-5,7,10-11,13H2,1H3. The number of nitrogens with zero attached hydrogens (tertiary/aromatic N) is 3. The van der Waals surface area contributed by atoms with Crippen molar-refractivity contribution in [1.82, 2.24) is 9.88 Å². The SMILES string of the molecule is CCC(=O)CCCN(CCC#N)Cc1cccnc1. The van der Waals surface area contributed by atoms with Crippen molar-refractivity contribution in [2.75, 3.05) is 13.1 Å². The second-order valence-electron chi connectivity index (χ2n) is 4.54. The molecule has 1 aromatic heterocycles. The largest absolute Gasteiger partial charge is 0.300 e. The molecule has 1 heterocycles. The van der Waals surface area contributed by atoms with E-state index in [1.807, 2.05) is 25.3 Å². The van der Waals surface area contributed by atoms with E-state index < -0.39 is 0 Å². The molecule has 0 spiro atoms. The number of hydrogen-bond donors (Lipinski definition) is 0. The van der Waals surface area contributed by atoms with Crippen molar-refractivity contribution in [1.29, 1.82) is 5.26 Å². The third kappa shape index (κ3) is 6.68. The van der Waals surface area contributed by atoms with Gasteiger partial charge >= 0.3 is 0 Å². The molecule has 0 radical (unpaired) electrons. The Morgan fingerprint density at radius 3 is 2.95 bits per heavy atom. The van der Waals surface area contributed by atoms with Crippen molar-refractivity contribution in [3.63, 3.8) is 0 Å². The van der Waals surface area contributed by atoms with Gasteiger partial charge < -0.3 is 0 Å². The monoisotopic (exact) mass is 259 g/mol. The summed E-state index contributed by atoms with van der Waals surface area (Å²) < 4.78 is 0. The molecular formula is C15H21N3O. The molecule has 0 amide bonds. The Hall–Kier alpha value is -1.73. The molecule has 19 heavy (non-hydrogen) atoms. The normalized spacial score (nSPS) is 10.4. The predicted octanol–water partition coefficient (Wildman–Crippen LogP) is 2.56. The smallest absolute Gasteiger partial charge is 0.132 e. The fourth-order valence-corrected chi connectivity index (χ4v) is 1.90. The van der Waals surface area contributed by atoms with Crippen LogP contribution in [0.2, 0.25) is 0 Å². The van der Waals surface area contributed by atoms with Gasteiger partial charge in [0.25, 0.3) is 0 Å². The Labute approximate surface area is 115 Å². The van der Waals surface area contributed by atoms with Crippen LogP contribution >= 0.6 is 0 Å². The van der Waals surface area contributed by atoms with E-state index in [-0.39, 0.29) is 0 Å². The maximum atomic E-state index is 11.3. The maximum Gasteiger partial charge on any atom is 0.132 e. The minimum absolute atomic E-state index is 0.307. The first kappa shape index (κ1) is 15.3. The van der Waals surface area contributed by atoms with Crippen LogP contribution in [0.5, 0.6) is 0 Å². The molecule has 0 bridgehead atoms. The van der Waals surface area contributed by atoms with Crippen molar-refractivity contribution in [3.05, 3.63) is 30.1 Å². The summed E-state index contributed by atoms with van der Waals surface area (Å²) in [6.45, 7) is 4.27. The quantitative estimate of drug-likeness (QED) is 0.684. The van der Waals surface area contributed by atoms with E-state index >= 15 is 0 Å². The van der Waals surface area contributed by atoms with Gasteiger partial charge in [0.05, 0.1) is 6.07 Å². The molecule has 0 N–H and O–H groups in total. The van der Waals surface area contributed by atoms with Crippen molar-refractivity contribution in [2.24, 2.45) is 0 Å². The average Bonchev–Trinajstić information content (AvgIpc) is 2.45. The zero-order valence-corrected chi connectivity index (χ0v) is 11.5. The van der Waals surface area contributed by atoms with E-state index in [0.717, 1.165) is 31.6 Å². The Morgan fingerprint density at radius 2 is 2.32 bits per heavy atom. The number of carbonyl (C=O) groups excluding carboxylic acids is 1. The van der Waals surface area contributed by atoms with Crippen molar-refractivity contribution >= 4 is 5.78 Å². The average molecular weight is 259 g/mol. The Morgan fingerprint density at radius 1 is 1.47 bits per heavy atom. The summed E-state index contributed by atoms with van der Waals surface area (Å²) in [4.78, 5) is 17.6. The lowest BCUT2D eigenvalue weighted by Crippen LogP contribution is -2.26. The molecule has 102 valence electrons. The minimum Gasteiger partial charge on any atom is -0.300 e. The molecule has 4 heteroatoms. The van der Waals surface area contributed by atoms with Crippen LogP contribution in [0, 0.1) is 11.3 Å². The Bertz CT molecular complexity index is 411. The molecular weight excluding hydrogens is 238 g/mol. The van der Waals surface area contributed by atoms with Crippen molar-refractivity contribution in [3.8, 4) is 6.07 Å². The second-order valence-corrected chi connectivity index (χ2v) is 4.54. The van der Waals surface area contributed by atoms with Gasteiger partial charge in [-0.3, -0.25) is 14.7 Å². The summed E-state index contributed by atoms with van der Waals surface area (Å²) in [6, 6.07) is 6.12. The van der Waals surface area contributed by atoms with Crippen LogP contribution in [0.25, 0.3) is 0 Å². The van der Waals surface area contributed by atoms with Gasteiger partial charge in [-0.2, -0.15) is 5.26 Å². The van der Waals surface area contributed by atoms with Gasteiger partial charge in [-0.05, 0) is 24.6 Å². The lowest BCUT2D eigenvalue weighted by atomic mass is 10.1. The molecule has 0 saturated heterocycles. The number of aromatic nitrogens is 1. The van der Waals surface area contributed by atoms with Crippen LogP contribution in [0.15, 0.2) is 24.5 Å². The number of hydrogen-bond acceptors (Lipinski definition) is 4. The first-order chi connectivity index (χ1) is 9.26. The van der Waals surface area contributed by atoms with E-state index in [2.05, 4.69) is 16.0 Å². The third-order valence-electron chi connectivity index (χ3n) is 2.99. The van der Waals surface area contributed by atoms with Crippen LogP contribution in [0.1, 0.15) is 38.2 Å². The molecule has 0 unspecified atom stereocenters. The molecule has 1 rings (SSSR count). The number of Topliss-reactive ketones (excluding diaryl/α,β-unsaturated/α-hetero) is 1. The van der Waals surface area contributed by atoms with Crippen molar-refractivity contribution < 1.29 is 4.79 Å². The highest BCUT2D eigenvalue weighted by Gasteiger charge is 2.07. The Balaban J connectivity index is 2.43. The topological polar surface area (TPSA) is 57.0 Å². The van der Waals surface area contributed by atoms with Gasteiger partial charge in [0.1, 0.15) is 5.78 Å². The zero-order valence-electron chi connectivity index (χ0n) is 11.5. The lowest BCUT2D eigenvalue weighted by Gasteiger charge is -2.20. The van der Waals surface area contributed by atoms with E-state index in [0.29, 0.717) is 25.0 Å². The van der Waals surface area contributed by atoms with Crippen LogP contribution < -0.4 is 0 Å². The first-order valence-corrected chi connectivity index (χ1v) is 6.76. The summed E-state index contributed by atoms with van der Waals surface area (Å²) in [5.41, 5.74) is 1.14. The van der Waals surface area contributed by atoms with Gasteiger partial charge in [0.2, 0.25) is 0 Å². The minimum atomic E-state index is 0.307. The highest BCUT2D eigenvalue weighted by atomic mass is 16.1. The van der Waals surface area contributed by atoms with E-state index in [9.17, 15) is 4.79 Å². The molecule has 1 aromatic rings. The highest BCUT2D eigenvalue weighted by Crippen LogP contribution is 2.06. The number of pyridine rings is 1. The lowest BCUT2D eigenvalue weighted by molar-refractivity contribution is -0.118. The molecule has 0 aromatic carbocycles. The van der Waals surface area contributed by atoms with Crippen molar-refractivity contribution in [2.45, 2.75) is 39.2 Å². The summed E-state index contributed by atoms with van der Waals surface area (Å²) in [6.07, 6.45) is 6.22. The fourth-order valence-electron chi connectivity index (χ4n) is 1.90. The van der Waals surface area contributed by atoms with Crippen LogP contribution in [-0.2, 0) is 11.3 Å². The van der Waals surface area contributed by atoms with E-state index in [1.165, 1.54) is 0 Å². The Kier molecular flexibility index (Phi) is 7.45. The fraction of sp³-hybridized carbons (Fsp3) is 0.533. The van der Waals surface area contributed by atoms with Gasteiger partial charge in [0.15, 0.2) is 0 Å². The van der Waals surface area contributed by atoms with Crippen LogP contribution in [0.3, 0.4) is 0 Å². The molecule has 0 fully saturated rings. The maximum absolute atomic E-state index is 11.3. The molecule has 0 saturated carbocycles. The van der Waals surface area contributed by atoms with Gasteiger partial charge in [-0.15, -0.1) is 0 Å². The highest BCUT2D eigenvalue weighted by molar-refractivity contribution is 5.77. The first-order valence-electron chi connectivity index (χ1n) is 6.76. The van der Waals surface area contributed by atoms with E-state index in [4.69, 9.17) is 5.26 Å². The summed E-state index contributed by atoms with van der Waals surface area (Å²) in [7, 11) is 0. The van der Waals surface area contributed by atoms with Crippen LogP contribution in [0.4, 0.5) is 0 Å². The third-order valence-corrected chi connectivity index (χ3v) is 2.99. The molecule has 0 aliphatic heterocycles. The summed E-state index contributed by atoms with van der Waals surface area (Å²) >= 11 is 0. The van der Waals surface area contributed by atoms with Gasteiger partial charge in [-0.25, -0.2) is 0 Å². The molecule has 0 atom stereocenters. The van der Waals surface area contributed by atoms with Crippen LogP contribution in [-0.4, -0.2) is 28.8 Å². The number of rotatable bonds is 9. The predicted molar refractivity (Wildman–Crippen MR) is 74.3 cm³/mol. The summed E-state index contributed by atoms with van der Waals surface area (Å²) in [5, 5.41) is 8.69. The number of ketones is 1. The van der Waals surface area contributed by atoms with E-state index in [1.54, 1.807) is 6.20 Å². The number of carbonyl (C=O) groups is 1.